The van der Waals surface area contributed by atoms with Crippen molar-refractivity contribution >= 4 is 11.9 Å². The number of hydrogen-bond donors (Lipinski definition) is 2. The zero-order valence-electron chi connectivity index (χ0n) is 15.8. The first kappa shape index (κ1) is 20.4. The molecule has 1 aromatic rings. The summed E-state index contributed by atoms with van der Waals surface area (Å²) in [6.45, 7) is 3.76. The molecule has 0 aliphatic heterocycles. The molecule has 0 bridgehead atoms. The van der Waals surface area contributed by atoms with Crippen LogP contribution in [0.25, 0.3) is 0 Å². The summed E-state index contributed by atoms with van der Waals surface area (Å²) in [6.07, 6.45) is 9.56. The van der Waals surface area contributed by atoms with E-state index in [1.54, 1.807) is 13.8 Å². The fourth-order valence-electron chi connectivity index (χ4n) is 3.65. The Bertz CT molecular complexity index is 593. The van der Waals surface area contributed by atoms with Gasteiger partial charge in [-0.05, 0) is 26.2 Å². The highest BCUT2D eigenvalue weighted by Crippen LogP contribution is 2.31. The van der Waals surface area contributed by atoms with E-state index in [-0.39, 0.29) is 29.7 Å². The number of aromatic carboxylic acids is 1. The summed E-state index contributed by atoms with van der Waals surface area (Å²) in [5.74, 6) is -0.238. The number of carbonyl (C=O) groups excluding carboxylic acids is 1. The van der Waals surface area contributed by atoms with E-state index in [9.17, 15) is 14.7 Å². The van der Waals surface area contributed by atoms with Gasteiger partial charge in [-0.1, -0.05) is 44.9 Å². The van der Waals surface area contributed by atoms with Crippen molar-refractivity contribution < 1.29 is 24.0 Å². The van der Waals surface area contributed by atoms with Crippen molar-refractivity contribution in [3.63, 3.8) is 0 Å². The summed E-state index contributed by atoms with van der Waals surface area (Å²) in [6, 6.07) is 0. The van der Waals surface area contributed by atoms with Crippen molar-refractivity contribution in [2.75, 3.05) is 6.61 Å². The van der Waals surface area contributed by atoms with Crippen LogP contribution in [0.2, 0.25) is 0 Å². The van der Waals surface area contributed by atoms with Gasteiger partial charge in [0.25, 0.3) is 0 Å². The number of carboxylic acids is 1. The number of aromatic nitrogens is 1. The topological polar surface area (TPSA) is 102 Å². The normalized spacial score (nSPS) is 16.4. The van der Waals surface area contributed by atoms with Crippen LogP contribution < -0.4 is 5.48 Å². The molecular weight excluding hydrogens is 336 g/mol. The largest absolute Gasteiger partial charge is 0.476 e. The van der Waals surface area contributed by atoms with Gasteiger partial charge in [-0.25, -0.2) is 15.3 Å². The molecule has 1 saturated carbocycles. The van der Waals surface area contributed by atoms with E-state index in [0.717, 1.165) is 25.2 Å². The van der Waals surface area contributed by atoms with Gasteiger partial charge in [0.2, 0.25) is 5.91 Å². The second-order valence-corrected chi connectivity index (χ2v) is 7.06. The van der Waals surface area contributed by atoms with Crippen LogP contribution in [0.1, 0.15) is 92.8 Å². The third kappa shape index (κ3) is 6.12. The van der Waals surface area contributed by atoms with Gasteiger partial charge in [-0.3, -0.25) is 9.63 Å². The number of oxazole rings is 1. The maximum absolute atomic E-state index is 12.1. The molecule has 1 fully saturated rings. The van der Waals surface area contributed by atoms with E-state index in [1.165, 1.54) is 32.1 Å². The van der Waals surface area contributed by atoms with Gasteiger partial charge in [-0.2, -0.15) is 0 Å². The van der Waals surface area contributed by atoms with Crippen molar-refractivity contribution in [2.45, 2.75) is 77.6 Å². The molecule has 1 aliphatic rings. The quantitative estimate of drug-likeness (QED) is 0.608. The van der Waals surface area contributed by atoms with E-state index in [1.807, 2.05) is 0 Å². The number of rotatable bonds is 10. The fourth-order valence-corrected chi connectivity index (χ4v) is 3.65. The molecule has 26 heavy (non-hydrogen) atoms. The number of nitrogens with zero attached hydrogens (tertiary/aromatic N) is 1. The first-order valence-corrected chi connectivity index (χ1v) is 9.62. The molecule has 146 valence electrons. The molecule has 2 N–H and O–H groups in total. The summed E-state index contributed by atoms with van der Waals surface area (Å²) in [7, 11) is 0. The summed E-state index contributed by atoms with van der Waals surface area (Å²) in [5.41, 5.74) is 2.31. The minimum atomic E-state index is -1.11. The lowest BCUT2D eigenvalue weighted by atomic mass is 9.84. The first-order chi connectivity index (χ1) is 12.5. The molecule has 1 heterocycles. The summed E-state index contributed by atoms with van der Waals surface area (Å²) in [5, 5.41) is 9.18. The molecule has 0 saturated heterocycles. The molecule has 0 spiro atoms. The van der Waals surface area contributed by atoms with Crippen LogP contribution in [0, 0.1) is 12.8 Å². The Hall–Kier alpha value is -1.89. The number of nitrogens with one attached hydrogen (secondary N) is 1. The molecule has 0 radical (unpaired) electrons. The van der Waals surface area contributed by atoms with Gasteiger partial charge in [0.15, 0.2) is 11.6 Å². The van der Waals surface area contributed by atoms with E-state index in [4.69, 9.17) is 9.25 Å². The van der Waals surface area contributed by atoms with Crippen molar-refractivity contribution in [1.29, 1.82) is 0 Å². The number of aryl methyl sites for hydroxylation is 1. The standard InChI is InChI=1S/C19H30N2O5/c1-3-25-21-16(22)12-15(11-7-10-14-8-5-4-6-9-14)18-20-17(19(23)24)13(2)26-18/h14-15H,3-12H2,1-2H3,(H,21,22)(H,23,24)/t15-/m1/s1. The van der Waals surface area contributed by atoms with Gasteiger partial charge < -0.3 is 9.52 Å². The van der Waals surface area contributed by atoms with Crippen LogP contribution in [-0.4, -0.2) is 28.6 Å². The molecule has 7 nitrogen and oxygen atoms in total. The first-order valence-electron chi connectivity index (χ1n) is 9.62. The van der Waals surface area contributed by atoms with Crippen LogP contribution in [0.15, 0.2) is 4.42 Å². The number of hydroxylamine groups is 1. The van der Waals surface area contributed by atoms with Gasteiger partial charge in [-0.15, -0.1) is 0 Å². The zero-order chi connectivity index (χ0) is 18.9. The maximum Gasteiger partial charge on any atom is 0.358 e. The third-order valence-corrected chi connectivity index (χ3v) is 5.02. The maximum atomic E-state index is 12.1. The smallest absolute Gasteiger partial charge is 0.358 e. The minimum absolute atomic E-state index is 0.0810. The molecule has 0 aromatic carbocycles. The summed E-state index contributed by atoms with van der Waals surface area (Å²) in [4.78, 5) is 32.3. The van der Waals surface area contributed by atoms with E-state index < -0.39 is 5.97 Å². The highest BCUT2D eigenvalue weighted by molar-refractivity contribution is 5.86. The third-order valence-electron chi connectivity index (χ3n) is 5.02. The highest BCUT2D eigenvalue weighted by atomic mass is 16.6. The van der Waals surface area contributed by atoms with Crippen molar-refractivity contribution in [2.24, 2.45) is 5.92 Å². The van der Waals surface area contributed by atoms with Crippen LogP contribution >= 0.6 is 0 Å². The molecule has 2 rings (SSSR count). The van der Waals surface area contributed by atoms with Crippen molar-refractivity contribution in [3.8, 4) is 0 Å². The zero-order valence-corrected chi connectivity index (χ0v) is 15.8. The van der Waals surface area contributed by atoms with Crippen LogP contribution in [-0.2, 0) is 9.63 Å². The Labute approximate surface area is 154 Å². The number of carbonyl (C=O) groups is 2. The lowest BCUT2D eigenvalue weighted by molar-refractivity contribution is -0.133. The molecule has 0 unspecified atom stereocenters. The lowest BCUT2D eigenvalue weighted by Crippen LogP contribution is -2.25. The van der Waals surface area contributed by atoms with Gasteiger partial charge in [0.05, 0.1) is 6.61 Å². The Morgan fingerprint density at radius 1 is 1.35 bits per heavy atom. The molecule has 1 aromatic heterocycles. The number of carboxylic acid groups (broad SMARTS) is 1. The average molecular weight is 366 g/mol. The van der Waals surface area contributed by atoms with E-state index in [0.29, 0.717) is 12.5 Å². The number of hydrogen-bond acceptors (Lipinski definition) is 5. The molecule has 1 amide bonds. The van der Waals surface area contributed by atoms with Crippen molar-refractivity contribution in [1.82, 2.24) is 10.5 Å². The van der Waals surface area contributed by atoms with Crippen LogP contribution in [0.4, 0.5) is 0 Å². The molecule has 1 aliphatic carbocycles. The number of amides is 1. The Balaban J connectivity index is 1.99. The van der Waals surface area contributed by atoms with Gasteiger partial charge in [0, 0.05) is 12.3 Å². The fraction of sp³-hybridized carbons (Fsp3) is 0.737. The van der Waals surface area contributed by atoms with Crippen LogP contribution in [0.5, 0.6) is 0 Å². The van der Waals surface area contributed by atoms with E-state index in [2.05, 4.69) is 10.5 Å². The molecule has 7 heteroatoms. The molecule has 1 atom stereocenters. The molecular formula is C19H30N2O5. The second kappa shape index (κ2) is 10.3. The Morgan fingerprint density at radius 2 is 2.08 bits per heavy atom. The Kier molecular flexibility index (Phi) is 8.09. The minimum Gasteiger partial charge on any atom is -0.476 e. The van der Waals surface area contributed by atoms with Crippen LogP contribution in [0.3, 0.4) is 0 Å². The SMILES string of the molecule is CCONC(=O)C[C@@H](CCCC1CCCCC1)c1nc(C(=O)O)c(C)o1. The van der Waals surface area contributed by atoms with Gasteiger partial charge in [0.1, 0.15) is 5.76 Å². The van der Waals surface area contributed by atoms with Crippen molar-refractivity contribution in [3.05, 3.63) is 17.3 Å². The predicted molar refractivity (Wildman–Crippen MR) is 95.8 cm³/mol. The van der Waals surface area contributed by atoms with E-state index >= 15 is 0 Å². The monoisotopic (exact) mass is 366 g/mol. The average Bonchev–Trinajstić information content (AvgIpc) is 3.02. The predicted octanol–water partition coefficient (Wildman–Crippen LogP) is 3.97. The Morgan fingerprint density at radius 3 is 2.69 bits per heavy atom. The second-order valence-electron chi connectivity index (χ2n) is 7.06. The summed E-state index contributed by atoms with van der Waals surface area (Å²) >= 11 is 0. The highest BCUT2D eigenvalue weighted by Gasteiger charge is 2.25. The lowest BCUT2D eigenvalue weighted by Gasteiger charge is -2.22. The van der Waals surface area contributed by atoms with Gasteiger partial charge >= 0.3 is 5.97 Å². The summed E-state index contributed by atoms with van der Waals surface area (Å²) < 4.78 is 5.57.